The second kappa shape index (κ2) is 6.04. The maximum atomic E-state index is 9.35. The van der Waals surface area contributed by atoms with Crippen molar-refractivity contribution in [2.24, 2.45) is 0 Å². The minimum Gasteiger partial charge on any atom is -0.235 e. The highest BCUT2D eigenvalue weighted by molar-refractivity contribution is 7.12. The second-order valence-electron chi connectivity index (χ2n) is 4.59. The summed E-state index contributed by atoms with van der Waals surface area (Å²) in [6, 6.07) is 14.5. The summed E-state index contributed by atoms with van der Waals surface area (Å²) in [6.07, 6.45) is 1.89. The molecule has 0 fully saturated rings. The average Bonchev–Trinajstić information content (AvgIpc) is 3.17. The average molecular weight is 308 g/mol. The maximum absolute atomic E-state index is 9.35. The summed E-state index contributed by atoms with van der Waals surface area (Å²) in [5.41, 5.74) is 3.84. The fraction of sp³-hybridized carbons (Fsp3) is 0.0588. The number of aromatic nitrogens is 1. The van der Waals surface area contributed by atoms with Crippen LogP contribution in [0.2, 0.25) is 0 Å². The molecule has 0 N–H and O–H groups in total. The van der Waals surface area contributed by atoms with Gasteiger partial charge in [-0.25, -0.2) is 4.98 Å². The van der Waals surface area contributed by atoms with Crippen molar-refractivity contribution < 1.29 is 0 Å². The number of hydrogen-bond acceptors (Lipinski definition) is 4. The quantitative estimate of drug-likeness (QED) is 0.620. The lowest BCUT2D eigenvalue weighted by Crippen LogP contribution is -1.82. The van der Waals surface area contributed by atoms with Gasteiger partial charge in [0.2, 0.25) is 0 Å². The van der Waals surface area contributed by atoms with Gasteiger partial charge in [-0.15, -0.1) is 22.7 Å². The van der Waals surface area contributed by atoms with Gasteiger partial charge in [-0.05, 0) is 24.4 Å². The first-order chi connectivity index (χ1) is 10.3. The van der Waals surface area contributed by atoms with Gasteiger partial charge in [0.15, 0.2) is 0 Å². The van der Waals surface area contributed by atoms with Crippen molar-refractivity contribution in [3.8, 4) is 17.3 Å². The summed E-state index contributed by atoms with van der Waals surface area (Å²) in [7, 11) is 0. The fourth-order valence-corrected chi connectivity index (χ4v) is 3.36. The Hall–Kier alpha value is -2.22. The minimum atomic E-state index is 0.612. The van der Waals surface area contributed by atoms with Gasteiger partial charge in [0.25, 0.3) is 0 Å². The van der Waals surface area contributed by atoms with Crippen molar-refractivity contribution in [3.05, 3.63) is 62.6 Å². The molecule has 2 aromatic heterocycles. The van der Waals surface area contributed by atoms with Crippen LogP contribution in [-0.2, 0) is 0 Å². The monoisotopic (exact) mass is 308 g/mol. The van der Waals surface area contributed by atoms with Gasteiger partial charge in [0.05, 0.1) is 11.3 Å². The second-order valence-corrected chi connectivity index (χ2v) is 6.43. The summed E-state index contributed by atoms with van der Waals surface area (Å²) >= 11 is 3.12. The molecule has 0 aliphatic heterocycles. The predicted molar refractivity (Wildman–Crippen MR) is 90.1 cm³/mol. The Bertz CT molecular complexity index is 803. The third-order valence-corrected chi connectivity index (χ3v) is 4.73. The summed E-state index contributed by atoms with van der Waals surface area (Å²) in [5, 5.41) is 14.1. The Balaban J connectivity index is 1.94. The number of allylic oxidation sites excluding steroid dienone is 1. The molecule has 0 saturated heterocycles. The SMILES string of the molecule is Cc1ccc(-c2csc(/C(C#N)=C/c3cccs3)n2)cc1. The van der Waals surface area contributed by atoms with Gasteiger partial charge >= 0.3 is 0 Å². The van der Waals surface area contributed by atoms with E-state index in [0.717, 1.165) is 21.1 Å². The zero-order chi connectivity index (χ0) is 14.7. The summed E-state index contributed by atoms with van der Waals surface area (Å²) in [4.78, 5) is 5.66. The van der Waals surface area contributed by atoms with E-state index in [4.69, 9.17) is 0 Å². The number of benzene rings is 1. The molecular weight excluding hydrogens is 296 g/mol. The molecule has 21 heavy (non-hydrogen) atoms. The van der Waals surface area contributed by atoms with Crippen LogP contribution in [0.25, 0.3) is 22.9 Å². The first-order valence-corrected chi connectivity index (χ1v) is 8.20. The Morgan fingerprint density at radius 3 is 2.67 bits per heavy atom. The molecule has 2 nitrogen and oxygen atoms in total. The van der Waals surface area contributed by atoms with E-state index in [2.05, 4.69) is 42.2 Å². The highest BCUT2D eigenvalue weighted by Crippen LogP contribution is 2.28. The van der Waals surface area contributed by atoms with E-state index in [9.17, 15) is 5.26 Å². The molecule has 0 aliphatic carbocycles. The molecule has 0 aliphatic rings. The predicted octanol–water partition coefficient (Wildman–Crippen LogP) is 5.24. The van der Waals surface area contributed by atoms with Crippen molar-refractivity contribution in [2.75, 3.05) is 0 Å². The van der Waals surface area contributed by atoms with Gasteiger partial charge in [-0.2, -0.15) is 5.26 Å². The molecule has 0 unspecified atom stereocenters. The van der Waals surface area contributed by atoms with E-state index in [-0.39, 0.29) is 0 Å². The lowest BCUT2D eigenvalue weighted by atomic mass is 10.1. The van der Waals surface area contributed by atoms with E-state index in [1.54, 1.807) is 11.3 Å². The Labute approximate surface area is 131 Å². The smallest absolute Gasteiger partial charge is 0.134 e. The molecule has 102 valence electrons. The molecule has 3 aromatic rings. The van der Waals surface area contributed by atoms with Crippen LogP contribution in [0.15, 0.2) is 47.2 Å². The van der Waals surface area contributed by atoms with Crippen LogP contribution in [0.5, 0.6) is 0 Å². The van der Waals surface area contributed by atoms with Crippen LogP contribution in [0.4, 0.5) is 0 Å². The van der Waals surface area contributed by atoms with Crippen molar-refractivity contribution in [3.63, 3.8) is 0 Å². The van der Waals surface area contributed by atoms with Crippen LogP contribution in [-0.4, -0.2) is 4.98 Å². The van der Waals surface area contributed by atoms with Crippen LogP contribution < -0.4 is 0 Å². The van der Waals surface area contributed by atoms with Gasteiger partial charge in [0.1, 0.15) is 11.1 Å². The number of thiophene rings is 1. The molecule has 0 spiro atoms. The molecule has 4 heteroatoms. The van der Waals surface area contributed by atoms with E-state index in [0.29, 0.717) is 5.57 Å². The number of hydrogen-bond donors (Lipinski definition) is 0. The first-order valence-electron chi connectivity index (χ1n) is 6.44. The molecule has 1 aromatic carbocycles. The van der Waals surface area contributed by atoms with Crippen LogP contribution in [0.1, 0.15) is 15.4 Å². The minimum absolute atomic E-state index is 0.612. The fourth-order valence-electron chi connectivity index (χ4n) is 1.91. The Morgan fingerprint density at radius 1 is 1.19 bits per heavy atom. The highest BCUT2D eigenvalue weighted by Gasteiger charge is 2.09. The molecule has 0 amide bonds. The lowest BCUT2D eigenvalue weighted by molar-refractivity contribution is 1.36. The van der Waals surface area contributed by atoms with E-state index in [1.165, 1.54) is 16.9 Å². The highest BCUT2D eigenvalue weighted by atomic mass is 32.1. The van der Waals surface area contributed by atoms with E-state index in [1.807, 2.05) is 29.0 Å². The van der Waals surface area contributed by atoms with Gasteiger partial charge in [-0.1, -0.05) is 35.9 Å². The topological polar surface area (TPSA) is 36.7 Å². The van der Waals surface area contributed by atoms with Crippen LogP contribution >= 0.6 is 22.7 Å². The Kier molecular flexibility index (Phi) is 3.96. The molecule has 0 radical (unpaired) electrons. The van der Waals surface area contributed by atoms with Gasteiger partial charge in [0, 0.05) is 15.8 Å². The lowest BCUT2D eigenvalue weighted by Gasteiger charge is -1.97. The molecule has 3 rings (SSSR count). The van der Waals surface area contributed by atoms with Crippen molar-refractivity contribution in [2.45, 2.75) is 6.92 Å². The summed E-state index contributed by atoms with van der Waals surface area (Å²) in [5.74, 6) is 0. The molecule has 0 bridgehead atoms. The molecular formula is C17H12N2S2. The standard InChI is InChI=1S/C17H12N2S2/c1-12-4-6-13(7-5-12)16-11-21-17(19-16)14(10-18)9-15-3-2-8-20-15/h2-9,11H,1H3/b14-9+. The number of aryl methyl sites for hydroxylation is 1. The normalized spacial score (nSPS) is 11.3. The number of thiazole rings is 1. The summed E-state index contributed by atoms with van der Waals surface area (Å²) in [6.45, 7) is 2.06. The number of nitrogens with zero attached hydrogens (tertiary/aromatic N) is 2. The first kappa shape index (κ1) is 13.7. The maximum Gasteiger partial charge on any atom is 0.134 e. The largest absolute Gasteiger partial charge is 0.235 e. The number of rotatable bonds is 3. The van der Waals surface area contributed by atoms with Crippen LogP contribution in [0, 0.1) is 18.3 Å². The molecule has 0 saturated carbocycles. The zero-order valence-corrected chi connectivity index (χ0v) is 13.0. The van der Waals surface area contributed by atoms with Crippen LogP contribution in [0.3, 0.4) is 0 Å². The molecule has 0 atom stereocenters. The van der Waals surface area contributed by atoms with Crippen molar-refractivity contribution in [1.29, 1.82) is 5.26 Å². The Morgan fingerprint density at radius 2 is 2.00 bits per heavy atom. The van der Waals surface area contributed by atoms with E-state index < -0.39 is 0 Å². The third kappa shape index (κ3) is 3.10. The molecule has 2 heterocycles. The van der Waals surface area contributed by atoms with Gasteiger partial charge < -0.3 is 0 Å². The van der Waals surface area contributed by atoms with Crippen molar-refractivity contribution >= 4 is 34.3 Å². The summed E-state index contributed by atoms with van der Waals surface area (Å²) < 4.78 is 0. The zero-order valence-electron chi connectivity index (χ0n) is 11.4. The van der Waals surface area contributed by atoms with Gasteiger partial charge in [-0.3, -0.25) is 0 Å². The van der Waals surface area contributed by atoms with Crippen molar-refractivity contribution in [1.82, 2.24) is 4.98 Å². The third-order valence-electron chi connectivity index (χ3n) is 3.03. The van der Waals surface area contributed by atoms with E-state index >= 15 is 0 Å². The number of nitriles is 1.